The number of benzene rings is 2. The van der Waals surface area contributed by atoms with Gasteiger partial charge in [0.1, 0.15) is 11.6 Å². The van der Waals surface area contributed by atoms with Gasteiger partial charge in [-0.1, -0.05) is 23.7 Å². The van der Waals surface area contributed by atoms with E-state index >= 15 is 0 Å². The minimum Gasteiger partial charge on any atom is -0.351 e. The van der Waals surface area contributed by atoms with Crippen LogP contribution in [0.3, 0.4) is 0 Å². The molecule has 43 heavy (non-hydrogen) atoms. The molecule has 2 fully saturated rings. The zero-order valence-electron chi connectivity index (χ0n) is 22.9. The second kappa shape index (κ2) is 12.1. The summed E-state index contributed by atoms with van der Waals surface area (Å²) in [5, 5.41) is 11.7. The van der Waals surface area contributed by atoms with Crippen LogP contribution in [0.15, 0.2) is 60.8 Å². The lowest BCUT2D eigenvalue weighted by molar-refractivity contribution is -0.135. The fourth-order valence-electron chi connectivity index (χ4n) is 5.79. The molecule has 2 aliphatic carbocycles. The van der Waals surface area contributed by atoms with E-state index in [1.165, 1.54) is 23.1 Å². The third-order valence-corrected chi connectivity index (χ3v) is 8.14. The van der Waals surface area contributed by atoms with Crippen LogP contribution in [0.4, 0.5) is 24.7 Å². The number of pyridine rings is 1. The number of nitrogens with zero attached hydrogens (tertiary/aromatic N) is 4. The van der Waals surface area contributed by atoms with Crippen LogP contribution >= 0.6 is 11.6 Å². The summed E-state index contributed by atoms with van der Waals surface area (Å²) in [6.45, 7) is 0.709. The van der Waals surface area contributed by atoms with Crippen LogP contribution in [0.1, 0.15) is 48.8 Å². The number of hydrogen-bond donors (Lipinski definition) is 1. The van der Waals surface area contributed by atoms with E-state index in [4.69, 9.17) is 16.9 Å². The predicted molar refractivity (Wildman–Crippen MR) is 153 cm³/mol. The van der Waals surface area contributed by atoms with Crippen LogP contribution in [-0.2, 0) is 26.3 Å². The normalized spacial score (nSPS) is 20.3. The highest BCUT2D eigenvalue weighted by Gasteiger charge is 2.53. The van der Waals surface area contributed by atoms with Gasteiger partial charge in [0.25, 0.3) is 11.8 Å². The van der Waals surface area contributed by atoms with E-state index in [0.29, 0.717) is 47.8 Å². The summed E-state index contributed by atoms with van der Waals surface area (Å²) in [6.07, 6.45) is 3.30. The molecule has 1 N–H and O–H groups in total. The lowest BCUT2D eigenvalue weighted by atomic mass is 9.84. The number of hydrogen-bond acceptors (Lipinski definition) is 5. The Morgan fingerprint density at radius 1 is 1.16 bits per heavy atom. The lowest BCUT2D eigenvalue weighted by Gasteiger charge is -2.42. The van der Waals surface area contributed by atoms with Gasteiger partial charge in [-0.05, 0) is 72.9 Å². The molecule has 1 unspecified atom stereocenters. The average molecular weight is 610 g/mol. The second-order valence-corrected chi connectivity index (χ2v) is 11.2. The van der Waals surface area contributed by atoms with Crippen molar-refractivity contribution in [3.63, 3.8) is 0 Å². The van der Waals surface area contributed by atoms with Gasteiger partial charge in [0, 0.05) is 48.8 Å². The van der Waals surface area contributed by atoms with Crippen LogP contribution in [0.5, 0.6) is 0 Å². The van der Waals surface area contributed by atoms with Crippen LogP contribution in [-0.4, -0.2) is 41.7 Å². The number of rotatable bonds is 6. The van der Waals surface area contributed by atoms with E-state index in [2.05, 4.69) is 10.3 Å². The Hall–Kier alpha value is -4.43. The SMILES string of the molecule is N#Cc1ccnc(N2CCCC2=O)c1.O=CN(c1cccc(F)c1)C1(C(=O)NC2CC(F)(F)C2)CCc2ccc(Cl)cc21. The standard InChI is InChI=1S/C21H18ClF3N2O2.C10H9N3O/c22-14-5-4-13-6-7-21(18(13)8-14,19(29)26-16-10-20(24,25)11-16)27(12-28)17-3-1-2-15(23)9-17;11-7-8-3-4-12-9(6-8)13-5-1-2-10(13)14/h1-5,8-9,12,16H,6-7,10-11H2,(H,26,29);3-4,6H,1-2,5H2. The van der Waals surface area contributed by atoms with Crippen LogP contribution in [0.2, 0.25) is 5.02 Å². The van der Waals surface area contributed by atoms with Gasteiger partial charge in [0.05, 0.1) is 11.6 Å². The van der Waals surface area contributed by atoms with Gasteiger partial charge in [-0.25, -0.2) is 18.2 Å². The van der Waals surface area contributed by atoms with Crippen molar-refractivity contribution in [2.45, 2.75) is 56.0 Å². The second-order valence-electron chi connectivity index (χ2n) is 10.7. The van der Waals surface area contributed by atoms with Crippen molar-refractivity contribution in [1.82, 2.24) is 10.3 Å². The minimum atomic E-state index is -2.80. The number of aromatic nitrogens is 1. The molecule has 6 rings (SSSR count). The predicted octanol–water partition coefficient (Wildman–Crippen LogP) is 5.28. The third kappa shape index (κ3) is 6.06. The molecule has 1 saturated heterocycles. The Balaban J connectivity index is 0.000000220. The molecular weight excluding hydrogens is 583 g/mol. The van der Waals surface area contributed by atoms with Gasteiger partial charge in [0.2, 0.25) is 12.3 Å². The molecule has 0 bridgehead atoms. The summed E-state index contributed by atoms with van der Waals surface area (Å²) in [5.74, 6) is -3.25. The largest absolute Gasteiger partial charge is 0.351 e. The zero-order valence-corrected chi connectivity index (χ0v) is 23.7. The average Bonchev–Trinajstić information content (AvgIpc) is 3.57. The third-order valence-electron chi connectivity index (χ3n) is 7.90. The van der Waals surface area contributed by atoms with Gasteiger partial charge >= 0.3 is 0 Å². The Morgan fingerprint density at radius 3 is 2.60 bits per heavy atom. The van der Waals surface area contributed by atoms with E-state index in [0.717, 1.165) is 18.1 Å². The van der Waals surface area contributed by atoms with Gasteiger partial charge in [-0.3, -0.25) is 24.2 Å². The highest BCUT2D eigenvalue weighted by atomic mass is 35.5. The number of aryl methyl sites for hydroxylation is 1. The first-order chi connectivity index (χ1) is 20.6. The molecule has 1 aliphatic heterocycles. The first kappa shape index (κ1) is 30.0. The molecule has 2 aromatic carbocycles. The molecule has 0 radical (unpaired) electrons. The van der Waals surface area contributed by atoms with E-state index in [9.17, 15) is 27.6 Å². The van der Waals surface area contributed by atoms with Crippen molar-refractivity contribution in [1.29, 1.82) is 5.26 Å². The zero-order chi connectivity index (χ0) is 30.8. The maximum absolute atomic E-state index is 13.8. The number of nitrogens with one attached hydrogen (secondary N) is 1. The number of carbonyl (C=O) groups is 3. The molecule has 0 spiro atoms. The van der Waals surface area contributed by atoms with Gasteiger partial charge < -0.3 is 5.32 Å². The molecule has 8 nitrogen and oxygen atoms in total. The molecule has 12 heteroatoms. The van der Waals surface area contributed by atoms with Crippen molar-refractivity contribution in [2.75, 3.05) is 16.3 Å². The highest BCUT2D eigenvalue weighted by Crippen LogP contribution is 2.46. The molecule has 1 atom stereocenters. The van der Waals surface area contributed by atoms with Gasteiger partial charge in [-0.2, -0.15) is 5.26 Å². The smallest absolute Gasteiger partial charge is 0.252 e. The van der Waals surface area contributed by atoms with Crippen LogP contribution in [0.25, 0.3) is 0 Å². The molecule has 3 aliphatic rings. The summed E-state index contributed by atoms with van der Waals surface area (Å²) in [4.78, 5) is 43.8. The topological polar surface area (TPSA) is 106 Å². The Labute approximate surface area is 251 Å². The number of alkyl halides is 2. The monoisotopic (exact) mass is 609 g/mol. The molecule has 3 amide bonds. The first-order valence-corrected chi connectivity index (χ1v) is 14.1. The van der Waals surface area contributed by atoms with Crippen molar-refractivity contribution in [3.8, 4) is 6.07 Å². The van der Waals surface area contributed by atoms with Crippen LogP contribution < -0.4 is 15.1 Å². The molecule has 1 aromatic heterocycles. The molecule has 1 saturated carbocycles. The van der Waals surface area contributed by atoms with Crippen molar-refractivity contribution < 1.29 is 27.6 Å². The maximum Gasteiger partial charge on any atom is 0.252 e. The maximum atomic E-state index is 13.8. The van der Waals surface area contributed by atoms with E-state index in [-0.39, 0.29) is 18.0 Å². The van der Waals surface area contributed by atoms with E-state index in [1.807, 2.05) is 6.07 Å². The van der Waals surface area contributed by atoms with Crippen molar-refractivity contribution in [3.05, 3.63) is 88.3 Å². The van der Waals surface area contributed by atoms with E-state index in [1.54, 1.807) is 41.4 Å². The number of anilines is 2. The fourth-order valence-corrected chi connectivity index (χ4v) is 5.96. The number of carbonyl (C=O) groups excluding carboxylic acids is 3. The quantitative estimate of drug-likeness (QED) is 0.383. The van der Waals surface area contributed by atoms with E-state index < -0.39 is 42.1 Å². The van der Waals surface area contributed by atoms with Crippen molar-refractivity contribution in [2.24, 2.45) is 0 Å². The summed E-state index contributed by atoms with van der Waals surface area (Å²) < 4.78 is 40.4. The number of nitriles is 1. The summed E-state index contributed by atoms with van der Waals surface area (Å²) in [5.41, 5.74) is 0.578. The lowest BCUT2D eigenvalue weighted by Crippen LogP contribution is -2.60. The summed E-state index contributed by atoms with van der Waals surface area (Å²) in [7, 11) is 0. The Morgan fingerprint density at radius 2 is 1.95 bits per heavy atom. The van der Waals surface area contributed by atoms with Gasteiger partial charge in [0.15, 0.2) is 5.54 Å². The Bertz CT molecular complexity index is 1610. The Kier molecular flexibility index (Phi) is 8.42. The molecule has 2 heterocycles. The number of amides is 3. The molecular formula is C31H27ClF3N5O3. The highest BCUT2D eigenvalue weighted by molar-refractivity contribution is 6.30. The van der Waals surface area contributed by atoms with Crippen LogP contribution in [0, 0.1) is 17.1 Å². The number of halogens is 4. The fraction of sp³-hybridized carbons (Fsp3) is 0.323. The summed E-state index contributed by atoms with van der Waals surface area (Å²) in [6, 6.07) is 15.0. The summed E-state index contributed by atoms with van der Waals surface area (Å²) >= 11 is 6.16. The molecule has 3 aromatic rings. The number of fused-ring (bicyclic) bond motifs is 1. The van der Waals surface area contributed by atoms with Crippen molar-refractivity contribution >= 4 is 41.3 Å². The minimum absolute atomic E-state index is 0.0904. The van der Waals surface area contributed by atoms with Gasteiger partial charge in [-0.15, -0.1) is 0 Å². The molecule has 222 valence electrons. The first-order valence-electron chi connectivity index (χ1n) is 13.7.